The highest BCUT2D eigenvalue weighted by Gasteiger charge is 2.13. The van der Waals surface area contributed by atoms with Gasteiger partial charge in [0.15, 0.2) is 6.10 Å². The number of rotatable bonds is 8. The van der Waals surface area contributed by atoms with Gasteiger partial charge in [-0.2, -0.15) is 0 Å². The van der Waals surface area contributed by atoms with E-state index >= 15 is 0 Å². The minimum absolute atomic E-state index is 0.484. The highest BCUT2D eigenvalue weighted by Crippen LogP contribution is 2.30. The van der Waals surface area contributed by atoms with E-state index in [0.29, 0.717) is 5.75 Å². The van der Waals surface area contributed by atoms with Crippen molar-refractivity contribution < 1.29 is 9.53 Å². The van der Waals surface area contributed by atoms with Crippen LogP contribution in [0.3, 0.4) is 0 Å². The fraction of sp³-hybridized carbons (Fsp3) is 0.217. The number of carbonyl (C=O) groups excluding carboxylic acids is 1. The third-order valence-corrected chi connectivity index (χ3v) is 4.48. The van der Waals surface area contributed by atoms with Crippen molar-refractivity contribution in [2.75, 3.05) is 7.05 Å². The second kappa shape index (κ2) is 9.15. The lowest BCUT2D eigenvalue weighted by Crippen LogP contribution is -2.30. The Balaban J connectivity index is 1.70. The van der Waals surface area contributed by atoms with Gasteiger partial charge in [0, 0.05) is 31.0 Å². The number of para-hydroxylation sites is 1. The number of amides is 1. The van der Waals surface area contributed by atoms with E-state index in [4.69, 9.17) is 10.5 Å². The number of pyridine rings is 1. The van der Waals surface area contributed by atoms with Gasteiger partial charge in [-0.1, -0.05) is 48.5 Å². The van der Waals surface area contributed by atoms with E-state index in [0.717, 1.165) is 24.2 Å². The molecule has 144 valence electrons. The second-order valence-electron chi connectivity index (χ2n) is 6.89. The maximum absolute atomic E-state index is 11.3. The zero-order chi connectivity index (χ0) is 19.9. The van der Waals surface area contributed by atoms with E-state index in [1.54, 1.807) is 13.1 Å². The molecule has 0 fully saturated rings. The molecule has 0 aliphatic heterocycles. The zero-order valence-electron chi connectivity index (χ0n) is 16.2. The van der Waals surface area contributed by atoms with Gasteiger partial charge < -0.3 is 10.5 Å². The monoisotopic (exact) mass is 375 g/mol. The van der Waals surface area contributed by atoms with Crippen LogP contribution in [0.2, 0.25) is 0 Å². The van der Waals surface area contributed by atoms with Gasteiger partial charge >= 0.3 is 0 Å². The summed E-state index contributed by atoms with van der Waals surface area (Å²) in [7, 11) is 2.09. The Bertz CT molecular complexity index is 911. The molecule has 3 rings (SSSR count). The van der Waals surface area contributed by atoms with Gasteiger partial charge in [-0.3, -0.25) is 14.7 Å². The number of nitrogens with two attached hydrogens (primary N) is 1. The molecular formula is C23H25N3O2. The Morgan fingerprint density at radius 1 is 1.04 bits per heavy atom. The molecule has 0 saturated carbocycles. The molecule has 1 aromatic heterocycles. The molecule has 0 spiro atoms. The minimum Gasteiger partial charge on any atom is -0.480 e. The predicted octanol–water partition coefficient (Wildman–Crippen LogP) is 3.63. The van der Waals surface area contributed by atoms with E-state index < -0.39 is 12.0 Å². The molecule has 0 saturated heterocycles. The molecule has 0 aliphatic rings. The molecule has 1 heterocycles. The number of nitrogens with zero attached hydrogens (tertiary/aromatic N) is 2. The molecule has 0 aliphatic carbocycles. The highest BCUT2D eigenvalue weighted by atomic mass is 16.5. The largest absolute Gasteiger partial charge is 0.480 e. The normalized spacial score (nSPS) is 12.0. The van der Waals surface area contributed by atoms with Crippen LogP contribution >= 0.6 is 0 Å². The number of hydrogen-bond acceptors (Lipinski definition) is 4. The van der Waals surface area contributed by atoms with E-state index in [1.165, 1.54) is 11.1 Å². The molecule has 28 heavy (non-hydrogen) atoms. The molecule has 3 aromatic rings. The Morgan fingerprint density at radius 2 is 1.75 bits per heavy atom. The van der Waals surface area contributed by atoms with Crippen molar-refractivity contribution in [3.8, 4) is 16.9 Å². The molecule has 2 N–H and O–H groups in total. The van der Waals surface area contributed by atoms with Crippen LogP contribution in [0.4, 0.5) is 0 Å². The summed E-state index contributed by atoms with van der Waals surface area (Å²) in [6.07, 6.45) is 3.00. The summed E-state index contributed by atoms with van der Waals surface area (Å²) in [6, 6.07) is 20.1. The molecule has 1 unspecified atom stereocenters. The summed E-state index contributed by atoms with van der Waals surface area (Å²) in [5.41, 5.74) is 9.70. The Kier molecular flexibility index (Phi) is 6.40. The number of aromatic nitrogens is 1. The van der Waals surface area contributed by atoms with Crippen molar-refractivity contribution >= 4 is 5.91 Å². The lowest BCUT2D eigenvalue weighted by atomic mass is 10.0. The van der Waals surface area contributed by atoms with Crippen molar-refractivity contribution in [3.05, 3.63) is 84.2 Å². The summed E-state index contributed by atoms with van der Waals surface area (Å²) in [5, 5.41) is 0. The summed E-state index contributed by atoms with van der Waals surface area (Å²) >= 11 is 0. The third-order valence-electron chi connectivity index (χ3n) is 4.48. The van der Waals surface area contributed by atoms with Gasteiger partial charge in [-0.05, 0) is 42.8 Å². The topological polar surface area (TPSA) is 68.4 Å². The van der Waals surface area contributed by atoms with Crippen molar-refractivity contribution in [1.29, 1.82) is 0 Å². The molecule has 1 amide bonds. The van der Waals surface area contributed by atoms with E-state index in [2.05, 4.69) is 47.3 Å². The highest BCUT2D eigenvalue weighted by molar-refractivity contribution is 5.79. The van der Waals surface area contributed by atoms with Gasteiger partial charge in [-0.15, -0.1) is 0 Å². The van der Waals surface area contributed by atoms with Crippen molar-refractivity contribution in [3.63, 3.8) is 0 Å². The summed E-state index contributed by atoms with van der Waals surface area (Å²) in [5.74, 6) is 0.164. The first-order valence-corrected chi connectivity index (χ1v) is 9.24. The number of primary amides is 1. The van der Waals surface area contributed by atoms with Crippen LogP contribution in [-0.2, 0) is 17.9 Å². The van der Waals surface area contributed by atoms with Crippen molar-refractivity contribution in [2.45, 2.75) is 26.1 Å². The lowest BCUT2D eigenvalue weighted by molar-refractivity contribution is -0.123. The van der Waals surface area contributed by atoms with Crippen LogP contribution in [0.1, 0.15) is 18.1 Å². The summed E-state index contributed by atoms with van der Waals surface area (Å²) in [6.45, 7) is 3.34. The Morgan fingerprint density at radius 3 is 2.43 bits per heavy atom. The Hall–Kier alpha value is -3.18. The first-order valence-electron chi connectivity index (χ1n) is 9.24. The van der Waals surface area contributed by atoms with E-state index in [1.807, 2.05) is 36.5 Å². The zero-order valence-corrected chi connectivity index (χ0v) is 16.2. The maximum Gasteiger partial charge on any atom is 0.258 e. The average Bonchev–Trinajstić information content (AvgIpc) is 2.69. The van der Waals surface area contributed by atoms with Gasteiger partial charge in [0.1, 0.15) is 5.75 Å². The molecule has 5 heteroatoms. The first-order chi connectivity index (χ1) is 13.5. The molecule has 0 bridgehead atoms. The lowest BCUT2D eigenvalue weighted by Gasteiger charge is -2.17. The molecular weight excluding hydrogens is 350 g/mol. The smallest absolute Gasteiger partial charge is 0.258 e. The van der Waals surface area contributed by atoms with Gasteiger partial charge in [0.25, 0.3) is 5.91 Å². The standard InChI is InChI=1S/C23H25N3O2/c1-17(23(24)27)28-22-8-4-3-7-21(22)20-11-9-18(10-12-20)15-26(2)16-19-6-5-13-25-14-19/h3-14,17H,15-16H2,1-2H3,(H2,24,27). The average molecular weight is 375 g/mol. The number of hydrogen-bond donors (Lipinski definition) is 1. The van der Waals surface area contributed by atoms with Crippen LogP contribution in [-0.4, -0.2) is 28.9 Å². The second-order valence-corrected chi connectivity index (χ2v) is 6.89. The quantitative estimate of drug-likeness (QED) is 0.653. The van der Waals surface area contributed by atoms with Crippen LogP contribution in [0.15, 0.2) is 73.1 Å². The van der Waals surface area contributed by atoms with E-state index in [9.17, 15) is 4.79 Å². The van der Waals surface area contributed by atoms with Crippen molar-refractivity contribution in [1.82, 2.24) is 9.88 Å². The summed E-state index contributed by atoms with van der Waals surface area (Å²) < 4.78 is 5.73. The fourth-order valence-corrected chi connectivity index (χ4v) is 3.02. The molecule has 2 aromatic carbocycles. The summed E-state index contributed by atoms with van der Waals surface area (Å²) in [4.78, 5) is 17.7. The van der Waals surface area contributed by atoms with Gasteiger partial charge in [0.05, 0.1) is 0 Å². The van der Waals surface area contributed by atoms with Crippen LogP contribution < -0.4 is 10.5 Å². The molecule has 1 atom stereocenters. The number of benzene rings is 2. The van der Waals surface area contributed by atoms with Crippen molar-refractivity contribution in [2.24, 2.45) is 5.73 Å². The predicted molar refractivity (Wildman–Crippen MR) is 111 cm³/mol. The molecule has 0 radical (unpaired) electrons. The first kappa shape index (κ1) is 19.6. The van der Waals surface area contributed by atoms with Gasteiger partial charge in [-0.25, -0.2) is 0 Å². The fourth-order valence-electron chi connectivity index (χ4n) is 3.02. The van der Waals surface area contributed by atoms with E-state index in [-0.39, 0.29) is 0 Å². The third kappa shape index (κ3) is 5.18. The van der Waals surface area contributed by atoms with Crippen LogP contribution in [0, 0.1) is 0 Å². The number of carbonyl (C=O) groups is 1. The Labute approximate surface area is 165 Å². The van der Waals surface area contributed by atoms with Crippen LogP contribution in [0.25, 0.3) is 11.1 Å². The SMILES string of the molecule is CC(Oc1ccccc1-c1ccc(CN(C)Cc2cccnc2)cc1)C(N)=O. The number of ether oxygens (including phenoxy) is 1. The minimum atomic E-state index is -0.679. The van der Waals surface area contributed by atoms with Crippen LogP contribution in [0.5, 0.6) is 5.75 Å². The molecule has 5 nitrogen and oxygen atoms in total. The van der Waals surface area contributed by atoms with Gasteiger partial charge in [0.2, 0.25) is 0 Å². The maximum atomic E-state index is 11.3.